The maximum atomic E-state index is 11.5. The SMILES string of the molecule is CCOC(=O)CNC(=O)COc1ccc(C)cc1C. The monoisotopic (exact) mass is 265 g/mol. The largest absolute Gasteiger partial charge is 0.484 e. The highest BCUT2D eigenvalue weighted by Crippen LogP contribution is 2.18. The molecule has 19 heavy (non-hydrogen) atoms. The molecule has 1 N–H and O–H groups in total. The summed E-state index contributed by atoms with van der Waals surface area (Å²) in [6, 6.07) is 5.72. The standard InChI is InChI=1S/C14H19NO4/c1-4-18-14(17)8-15-13(16)9-19-12-6-5-10(2)7-11(12)3/h5-7H,4,8-9H2,1-3H3,(H,15,16). The van der Waals surface area contributed by atoms with Crippen molar-refractivity contribution in [2.75, 3.05) is 19.8 Å². The predicted molar refractivity (Wildman–Crippen MR) is 71.1 cm³/mol. The van der Waals surface area contributed by atoms with Gasteiger partial charge in [-0.1, -0.05) is 17.7 Å². The van der Waals surface area contributed by atoms with Gasteiger partial charge in [0.2, 0.25) is 0 Å². The van der Waals surface area contributed by atoms with Crippen LogP contribution in [-0.2, 0) is 14.3 Å². The molecule has 1 amide bonds. The zero-order chi connectivity index (χ0) is 14.3. The van der Waals surface area contributed by atoms with Crippen molar-refractivity contribution in [2.45, 2.75) is 20.8 Å². The second kappa shape index (κ2) is 7.41. The van der Waals surface area contributed by atoms with Crippen LogP contribution >= 0.6 is 0 Å². The fourth-order valence-corrected chi connectivity index (χ4v) is 1.54. The Hall–Kier alpha value is -2.04. The maximum Gasteiger partial charge on any atom is 0.325 e. The fourth-order valence-electron chi connectivity index (χ4n) is 1.54. The summed E-state index contributed by atoms with van der Waals surface area (Å²) in [5, 5.41) is 2.43. The summed E-state index contributed by atoms with van der Waals surface area (Å²) in [5.41, 5.74) is 2.11. The average molecular weight is 265 g/mol. The second-order valence-corrected chi connectivity index (χ2v) is 4.14. The van der Waals surface area contributed by atoms with Crippen LogP contribution in [0.4, 0.5) is 0 Å². The van der Waals surface area contributed by atoms with E-state index in [1.807, 2.05) is 32.0 Å². The van der Waals surface area contributed by atoms with E-state index in [-0.39, 0.29) is 19.1 Å². The van der Waals surface area contributed by atoms with Crippen molar-refractivity contribution in [2.24, 2.45) is 0 Å². The van der Waals surface area contributed by atoms with Gasteiger partial charge in [0, 0.05) is 0 Å². The Bertz CT molecular complexity index is 457. The quantitative estimate of drug-likeness (QED) is 0.789. The average Bonchev–Trinajstić information content (AvgIpc) is 2.35. The number of benzene rings is 1. The molecular weight excluding hydrogens is 246 g/mol. The van der Waals surface area contributed by atoms with Crippen LogP contribution < -0.4 is 10.1 Å². The van der Waals surface area contributed by atoms with Gasteiger partial charge < -0.3 is 14.8 Å². The van der Waals surface area contributed by atoms with Gasteiger partial charge in [0.1, 0.15) is 12.3 Å². The minimum absolute atomic E-state index is 0.122. The Morgan fingerprint density at radius 1 is 1.26 bits per heavy atom. The summed E-state index contributed by atoms with van der Waals surface area (Å²) in [6.07, 6.45) is 0. The molecule has 0 atom stereocenters. The van der Waals surface area contributed by atoms with Crippen LogP contribution in [0.2, 0.25) is 0 Å². The summed E-state index contributed by atoms with van der Waals surface area (Å²) < 4.78 is 10.1. The summed E-state index contributed by atoms with van der Waals surface area (Å²) in [6.45, 7) is 5.66. The third-order valence-electron chi connectivity index (χ3n) is 2.42. The van der Waals surface area contributed by atoms with Gasteiger partial charge in [-0.3, -0.25) is 9.59 Å². The predicted octanol–water partition coefficient (Wildman–Crippen LogP) is 1.36. The topological polar surface area (TPSA) is 64.6 Å². The van der Waals surface area contributed by atoms with Crippen LogP contribution in [0.25, 0.3) is 0 Å². The third kappa shape index (κ3) is 5.42. The molecule has 0 aromatic heterocycles. The summed E-state index contributed by atoms with van der Waals surface area (Å²) in [7, 11) is 0. The molecule has 5 nitrogen and oxygen atoms in total. The molecule has 1 aromatic carbocycles. The van der Waals surface area contributed by atoms with E-state index in [2.05, 4.69) is 5.32 Å². The van der Waals surface area contributed by atoms with E-state index in [1.165, 1.54) is 0 Å². The van der Waals surface area contributed by atoms with Crippen molar-refractivity contribution < 1.29 is 19.1 Å². The van der Waals surface area contributed by atoms with Crippen LogP contribution in [-0.4, -0.2) is 31.6 Å². The highest BCUT2D eigenvalue weighted by molar-refractivity contribution is 5.82. The number of carbonyl (C=O) groups excluding carboxylic acids is 2. The lowest BCUT2D eigenvalue weighted by atomic mass is 10.1. The molecule has 1 rings (SSSR count). The van der Waals surface area contributed by atoms with E-state index < -0.39 is 5.97 Å². The van der Waals surface area contributed by atoms with Crippen molar-refractivity contribution in [1.82, 2.24) is 5.32 Å². The Balaban J connectivity index is 2.36. The molecule has 1 aromatic rings. The summed E-state index contributed by atoms with van der Waals surface area (Å²) in [4.78, 5) is 22.5. The van der Waals surface area contributed by atoms with E-state index in [4.69, 9.17) is 9.47 Å². The van der Waals surface area contributed by atoms with Crippen molar-refractivity contribution in [3.8, 4) is 5.75 Å². The molecule has 0 aliphatic rings. The molecule has 0 bridgehead atoms. The van der Waals surface area contributed by atoms with E-state index in [0.717, 1.165) is 11.1 Å². The first-order valence-electron chi connectivity index (χ1n) is 6.15. The van der Waals surface area contributed by atoms with E-state index >= 15 is 0 Å². The lowest BCUT2D eigenvalue weighted by Gasteiger charge is -2.09. The molecule has 0 unspecified atom stereocenters. The first-order chi connectivity index (χ1) is 9.02. The van der Waals surface area contributed by atoms with Gasteiger partial charge in [-0.15, -0.1) is 0 Å². The number of hydrogen-bond acceptors (Lipinski definition) is 4. The Kier molecular flexibility index (Phi) is 5.85. The number of nitrogens with one attached hydrogen (secondary N) is 1. The number of aryl methyl sites for hydroxylation is 2. The van der Waals surface area contributed by atoms with Crippen LogP contribution in [0, 0.1) is 13.8 Å². The Morgan fingerprint density at radius 3 is 2.63 bits per heavy atom. The molecule has 0 saturated carbocycles. The summed E-state index contributed by atoms with van der Waals surface area (Å²) >= 11 is 0. The highest BCUT2D eigenvalue weighted by Gasteiger charge is 2.07. The van der Waals surface area contributed by atoms with E-state index in [0.29, 0.717) is 12.4 Å². The molecule has 0 saturated heterocycles. The molecule has 0 spiro atoms. The maximum absolute atomic E-state index is 11.5. The van der Waals surface area contributed by atoms with Gasteiger partial charge in [0.25, 0.3) is 5.91 Å². The van der Waals surface area contributed by atoms with Crippen LogP contribution in [0.15, 0.2) is 18.2 Å². The molecule has 0 fully saturated rings. The Labute approximate surface area is 112 Å². The fraction of sp³-hybridized carbons (Fsp3) is 0.429. The lowest BCUT2D eigenvalue weighted by Crippen LogP contribution is -2.34. The van der Waals surface area contributed by atoms with Crippen LogP contribution in [0.5, 0.6) is 5.75 Å². The minimum Gasteiger partial charge on any atom is -0.484 e. The zero-order valence-corrected chi connectivity index (χ0v) is 11.5. The number of amides is 1. The molecule has 0 heterocycles. The molecule has 0 radical (unpaired) electrons. The highest BCUT2D eigenvalue weighted by atomic mass is 16.5. The molecule has 0 aliphatic heterocycles. The summed E-state index contributed by atoms with van der Waals surface area (Å²) in [5.74, 6) is -0.146. The van der Waals surface area contributed by atoms with Crippen molar-refractivity contribution in [1.29, 1.82) is 0 Å². The zero-order valence-electron chi connectivity index (χ0n) is 11.5. The van der Waals surface area contributed by atoms with E-state index in [1.54, 1.807) is 6.92 Å². The minimum atomic E-state index is -0.456. The first-order valence-corrected chi connectivity index (χ1v) is 6.15. The van der Waals surface area contributed by atoms with Crippen LogP contribution in [0.3, 0.4) is 0 Å². The second-order valence-electron chi connectivity index (χ2n) is 4.14. The van der Waals surface area contributed by atoms with Gasteiger partial charge in [-0.25, -0.2) is 0 Å². The van der Waals surface area contributed by atoms with E-state index in [9.17, 15) is 9.59 Å². The molecule has 104 valence electrons. The number of hydrogen-bond donors (Lipinski definition) is 1. The number of ether oxygens (including phenoxy) is 2. The molecule has 5 heteroatoms. The van der Waals surface area contributed by atoms with Crippen LogP contribution in [0.1, 0.15) is 18.1 Å². The van der Waals surface area contributed by atoms with Gasteiger partial charge in [0.05, 0.1) is 6.61 Å². The van der Waals surface area contributed by atoms with Gasteiger partial charge in [-0.05, 0) is 32.4 Å². The number of rotatable bonds is 6. The molecule has 0 aliphatic carbocycles. The Morgan fingerprint density at radius 2 is 2.00 bits per heavy atom. The lowest BCUT2D eigenvalue weighted by molar-refractivity contribution is -0.143. The van der Waals surface area contributed by atoms with Crippen molar-refractivity contribution >= 4 is 11.9 Å². The third-order valence-corrected chi connectivity index (χ3v) is 2.42. The van der Waals surface area contributed by atoms with Gasteiger partial charge in [-0.2, -0.15) is 0 Å². The smallest absolute Gasteiger partial charge is 0.325 e. The van der Waals surface area contributed by atoms with Crippen molar-refractivity contribution in [3.05, 3.63) is 29.3 Å². The number of esters is 1. The van der Waals surface area contributed by atoms with Gasteiger partial charge in [0.15, 0.2) is 6.61 Å². The molecular formula is C14H19NO4. The van der Waals surface area contributed by atoms with Crippen molar-refractivity contribution in [3.63, 3.8) is 0 Å². The van der Waals surface area contributed by atoms with Gasteiger partial charge >= 0.3 is 5.97 Å². The normalized spacial score (nSPS) is 9.84. The first kappa shape index (κ1) is 15.0. The number of carbonyl (C=O) groups is 2.